The van der Waals surface area contributed by atoms with Crippen LogP contribution in [0, 0.1) is 0 Å². The average Bonchev–Trinajstić information content (AvgIpc) is 3.76. The molecule has 0 atom stereocenters. The molecule has 11 rings (SSSR count). The molecule has 0 aliphatic carbocycles. The monoisotopic (exact) mass is 638 g/mol. The maximum absolute atomic E-state index is 6.71. The summed E-state index contributed by atoms with van der Waals surface area (Å²) in [6.45, 7) is 0. The molecule has 0 spiro atoms. The fourth-order valence-corrected chi connectivity index (χ4v) is 7.79. The van der Waals surface area contributed by atoms with Gasteiger partial charge in [0.05, 0.1) is 0 Å². The Bertz CT molecular complexity index is 3070. The van der Waals surface area contributed by atoms with Crippen LogP contribution in [0.25, 0.3) is 110 Å². The van der Waals surface area contributed by atoms with Gasteiger partial charge >= 0.3 is 0 Å². The van der Waals surface area contributed by atoms with Crippen molar-refractivity contribution in [3.05, 3.63) is 158 Å². The molecular formula is C46H26N2O2. The SMILES string of the molecule is c1ccc(-c2cc3oc4cccc5c6c(-c7ccc8c(c7)oc7c(-c9ccccc9)nc(-c9ccccc9)nc78)cccc6c(c2)c3c45)cc1. The van der Waals surface area contributed by atoms with Gasteiger partial charge in [-0.15, -0.1) is 0 Å². The van der Waals surface area contributed by atoms with Crippen LogP contribution in [-0.4, -0.2) is 9.97 Å². The minimum Gasteiger partial charge on any atom is -0.456 e. The molecule has 232 valence electrons. The number of benzene rings is 8. The van der Waals surface area contributed by atoms with Crippen molar-refractivity contribution in [2.24, 2.45) is 0 Å². The van der Waals surface area contributed by atoms with E-state index in [4.69, 9.17) is 18.8 Å². The molecule has 4 nitrogen and oxygen atoms in total. The standard InChI is InChI=1S/C46H26N2O2/c1-4-12-27(13-5-1)31-24-36-33-19-10-18-32(40(33)35-20-11-21-37-41(35)42(36)39(26-31)49-37)30-22-23-34-38(25-30)50-45-43(28-14-6-2-7-15-28)47-46(48-44(34)45)29-16-8-3-9-17-29/h1-26H. The summed E-state index contributed by atoms with van der Waals surface area (Å²) in [5.41, 5.74) is 11.3. The van der Waals surface area contributed by atoms with Crippen molar-refractivity contribution in [3.8, 4) is 44.9 Å². The molecule has 0 saturated heterocycles. The van der Waals surface area contributed by atoms with E-state index in [1.54, 1.807) is 0 Å². The van der Waals surface area contributed by atoms with Crippen LogP contribution in [0.4, 0.5) is 0 Å². The van der Waals surface area contributed by atoms with Gasteiger partial charge in [-0.3, -0.25) is 0 Å². The zero-order chi connectivity index (χ0) is 32.8. The molecule has 0 unspecified atom stereocenters. The molecule has 3 aromatic heterocycles. The summed E-state index contributed by atoms with van der Waals surface area (Å²) < 4.78 is 13.3. The number of hydrogen-bond acceptors (Lipinski definition) is 4. The Morgan fingerprint density at radius 2 is 1.04 bits per heavy atom. The van der Waals surface area contributed by atoms with Gasteiger partial charge in [0.15, 0.2) is 11.4 Å². The molecule has 0 N–H and O–H groups in total. The maximum atomic E-state index is 6.71. The molecule has 50 heavy (non-hydrogen) atoms. The Morgan fingerprint density at radius 3 is 1.84 bits per heavy atom. The quantitative estimate of drug-likeness (QED) is 0.180. The predicted molar refractivity (Wildman–Crippen MR) is 205 cm³/mol. The highest BCUT2D eigenvalue weighted by Crippen LogP contribution is 2.47. The number of aromatic nitrogens is 2. The van der Waals surface area contributed by atoms with Crippen molar-refractivity contribution in [2.45, 2.75) is 0 Å². The lowest BCUT2D eigenvalue weighted by molar-refractivity contribution is 0.667. The van der Waals surface area contributed by atoms with Crippen molar-refractivity contribution in [3.63, 3.8) is 0 Å². The molecule has 0 bridgehead atoms. The van der Waals surface area contributed by atoms with Crippen molar-refractivity contribution in [2.75, 3.05) is 0 Å². The van der Waals surface area contributed by atoms with E-state index in [1.807, 2.05) is 48.5 Å². The molecule has 8 aromatic carbocycles. The lowest BCUT2D eigenvalue weighted by Crippen LogP contribution is -1.93. The van der Waals surface area contributed by atoms with E-state index in [9.17, 15) is 0 Å². The molecule has 0 aliphatic heterocycles. The van der Waals surface area contributed by atoms with Crippen molar-refractivity contribution < 1.29 is 8.83 Å². The molecule has 0 saturated carbocycles. The summed E-state index contributed by atoms with van der Waals surface area (Å²) in [5.74, 6) is 0.675. The van der Waals surface area contributed by atoms with Gasteiger partial charge in [0.2, 0.25) is 0 Å². The highest BCUT2D eigenvalue weighted by molar-refractivity contribution is 6.35. The fourth-order valence-electron chi connectivity index (χ4n) is 7.79. The van der Waals surface area contributed by atoms with E-state index in [0.717, 1.165) is 66.5 Å². The Morgan fingerprint density at radius 1 is 0.360 bits per heavy atom. The first kappa shape index (κ1) is 27.2. The molecule has 0 radical (unpaired) electrons. The molecule has 0 fully saturated rings. The zero-order valence-electron chi connectivity index (χ0n) is 26.7. The third-order valence-corrected chi connectivity index (χ3v) is 10.0. The smallest absolute Gasteiger partial charge is 0.180 e. The lowest BCUT2D eigenvalue weighted by atomic mass is 9.88. The summed E-state index contributed by atoms with van der Waals surface area (Å²) >= 11 is 0. The average molecular weight is 639 g/mol. The molecular weight excluding hydrogens is 613 g/mol. The fraction of sp³-hybridized carbons (Fsp3) is 0. The second kappa shape index (κ2) is 10.4. The van der Waals surface area contributed by atoms with Crippen LogP contribution in [0.3, 0.4) is 0 Å². The summed E-state index contributed by atoms with van der Waals surface area (Å²) in [6, 6.07) is 54.9. The number of fused-ring (bicyclic) bond motifs is 6. The van der Waals surface area contributed by atoms with Gasteiger partial charge in [0.1, 0.15) is 28.0 Å². The van der Waals surface area contributed by atoms with Gasteiger partial charge in [-0.05, 0) is 74.1 Å². The molecule has 0 amide bonds. The third kappa shape index (κ3) is 3.93. The van der Waals surface area contributed by atoms with Crippen LogP contribution in [0.5, 0.6) is 0 Å². The van der Waals surface area contributed by atoms with Crippen LogP contribution in [0.15, 0.2) is 167 Å². The molecule has 3 heterocycles. The third-order valence-electron chi connectivity index (χ3n) is 10.0. The van der Waals surface area contributed by atoms with Crippen molar-refractivity contribution >= 4 is 65.6 Å². The summed E-state index contributed by atoms with van der Waals surface area (Å²) in [4.78, 5) is 10.1. The Labute approximate surface area is 286 Å². The van der Waals surface area contributed by atoms with E-state index in [1.165, 1.54) is 32.5 Å². The topological polar surface area (TPSA) is 52.1 Å². The first-order chi connectivity index (χ1) is 24.8. The number of hydrogen-bond donors (Lipinski definition) is 0. The number of nitrogens with zero attached hydrogens (tertiary/aromatic N) is 2. The predicted octanol–water partition coefficient (Wildman–Crippen LogP) is 12.7. The van der Waals surface area contributed by atoms with E-state index >= 15 is 0 Å². The van der Waals surface area contributed by atoms with Crippen molar-refractivity contribution in [1.29, 1.82) is 0 Å². The van der Waals surface area contributed by atoms with Gasteiger partial charge in [-0.25, -0.2) is 9.97 Å². The van der Waals surface area contributed by atoms with Crippen molar-refractivity contribution in [1.82, 2.24) is 9.97 Å². The Hall–Kier alpha value is -6.78. The highest BCUT2D eigenvalue weighted by Gasteiger charge is 2.22. The van der Waals surface area contributed by atoms with E-state index in [-0.39, 0.29) is 0 Å². The first-order valence-corrected chi connectivity index (χ1v) is 16.8. The first-order valence-electron chi connectivity index (χ1n) is 16.8. The normalized spacial score (nSPS) is 12.0. The maximum Gasteiger partial charge on any atom is 0.180 e. The van der Waals surface area contributed by atoms with Crippen LogP contribution in [-0.2, 0) is 0 Å². The number of furan rings is 2. The minimum atomic E-state index is 0.675. The Balaban J connectivity index is 1.18. The largest absolute Gasteiger partial charge is 0.456 e. The lowest BCUT2D eigenvalue weighted by Gasteiger charge is -2.14. The van der Waals surface area contributed by atoms with Crippen LogP contribution < -0.4 is 0 Å². The van der Waals surface area contributed by atoms with Gasteiger partial charge in [-0.2, -0.15) is 0 Å². The van der Waals surface area contributed by atoms with Crippen LogP contribution in [0.1, 0.15) is 0 Å². The summed E-state index contributed by atoms with van der Waals surface area (Å²) in [6.07, 6.45) is 0. The highest BCUT2D eigenvalue weighted by atomic mass is 16.3. The van der Waals surface area contributed by atoms with Crippen LogP contribution >= 0.6 is 0 Å². The van der Waals surface area contributed by atoms with Gasteiger partial charge in [0, 0.05) is 27.3 Å². The van der Waals surface area contributed by atoms with E-state index in [2.05, 4.69) is 109 Å². The van der Waals surface area contributed by atoms with E-state index < -0.39 is 0 Å². The summed E-state index contributed by atoms with van der Waals surface area (Å²) in [5, 5.41) is 8.07. The van der Waals surface area contributed by atoms with E-state index in [0.29, 0.717) is 11.4 Å². The summed E-state index contributed by atoms with van der Waals surface area (Å²) in [7, 11) is 0. The van der Waals surface area contributed by atoms with Gasteiger partial charge in [-0.1, -0.05) is 127 Å². The van der Waals surface area contributed by atoms with Gasteiger partial charge < -0.3 is 8.83 Å². The molecule has 4 heteroatoms. The second-order valence-electron chi connectivity index (χ2n) is 12.9. The minimum absolute atomic E-state index is 0.675. The van der Waals surface area contributed by atoms with Crippen LogP contribution in [0.2, 0.25) is 0 Å². The molecule has 0 aliphatic rings. The van der Waals surface area contributed by atoms with Gasteiger partial charge in [0.25, 0.3) is 0 Å². The Kier molecular flexibility index (Phi) is 5.63. The molecule has 11 aromatic rings. The zero-order valence-corrected chi connectivity index (χ0v) is 26.7. The number of rotatable bonds is 4. The second-order valence-corrected chi connectivity index (χ2v) is 12.9.